The van der Waals surface area contributed by atoms with Gasteiger partial charge in [-0.15, -0.1) is 0 Å². The van der Waals surface area contributed by atoms with E-state index < -0.39 is 5.79 Å². The fraction of sp³-hybridized carbons (Fsp3) is 0.364. The molecule has 2 aromatic heterocycles. The van der Waals surface area contributed by atoms with Crippen LogP contribution in [-0.2, 0) is 22.4 Å². The number of rotatable bonds is 1. The van der Waals surface area contributed by atoms with Crippen molar-refractivity contribution in [1.29, 1.82) is 0 Å². The Morgan fingerprint density at radius 1 is 1.10 bits per heavy atom. The predicted molar refractivity (Wildman–Crippen MR) is 113 cm³/mol. The molecule has 0 atom stereocenters. The summed E-state index contributed by atoms with van der Waals surface area (Å²) in [5.41, 5.74) is 2.17. The van der Waals surface area contributed by atoms with E-state index in [1.54, 1.807) is 23.0 Å². The average Bonchev–Trinajstić information content (AvgIpc) is 3.17. The van der Waals surface area contributed by atoms with Crippen LogP contribution in [0, 0.1) is 11.8 Å². The molecule has 8 heteroatoms. The molecule has 0 saturated carbocycles. The zero-order valence-electron chi connectivity index (χ0n) is 16.6. The first-order chi connectivity index (χ1) is 14.7. The SMILES string of the molecule is CSc1ncc(C#Cc2ccc3c(=O)n4c(nc3c2)CCC2(CC4)OCCO2)cn1. The highest BCUT2D eigenvalue weighted by atomic mass is 32.2. The normalized spacial score (nSPS) is 17.4. The van der Waals surface area contributed by atoms with Gasteiger partial charge in [0, 0.05) is 43.8 Å². The van der Waals surface area contributed by atoms with Crippen LogP contribution in [0.25, 0.3) is 10.9 Å². The number of thioether (sulfide) groups is 1. The first-order valence-corrected chi connectivity index (χ1v) is 11.1. The Hall–Kier alpha value is -2.73. The van der Waals surface area contributed by atoms with Gasteiger partial charge in [0.2, 0.25) is 0 Å². The molecule has 5 rings (SSSR count). The minimum atomic E-state index is -0.573. The van der Waals surface area contributed by atoms with Gasteiger partial charge >= 0.3 is 0 Å². The summed E-state index contributed by atoms with van der Waals surface area (Å²) in [5, 5.41) is 1.31. The molecule has 7 nitrogen and oxygen atoms in total. The summed E-state index contributed by atoms with van der Waals surface area (Å²) in [4.78, 5) is 26.3. The van der Waals surface area contributed by atoms with Crippen molar-refractivity contribution in [2.45, 2.75) is 36.8 Å². The Morgan fingerprint density at radius 3 is 2.63 bits per heavy atom. The van der Waals surface area contributed by atoms with Crippen LogP contribution in [0.1, 0.15) is 29.8 Å². The van der Waals surface area contributed by atoms with Gasteiger partial charge in [-0.05, 0) is 24.5 Å². The second-order valence-electron chi connectivity index (χ2n) is 7.28. The standard InChI is InChI=1S/C22H20N4O3S/c1-30-21-23-13-16(14-24-21)3-2-15-4-5-17-18(12-15)25-19-6-7-22(28-10-11-29-22)8-9-26(19)20(17)27/h4-5,12-14H,6-11H2,1H3. The number of hydrogen-bond acceptors (Lipinski definition) is 7. The Bertz CT molecular complexity index is 1220. The van der Waals surface area contributed by atoms with Crippen molar-refractivity contribution in [3.8, 4) is 11.8 Å². The minimum Gasteiger partial charge on any atom is -0.347 e. The molecule has 30 heavy (non-hydrogen) atoms. The molecule has 4 heterocycles. The zero-order valence-corrected chi connectivity index (χ0v) is 17.4. The molecule has 1 saturated heterocycles. The summed E-state index contributed by atoms with van der Waals surface area (Å²) in [5.74, 6) is 6.39. The lowest BCUT2D eigenvalue weighted by atomic mass is 10.1. The first-order valence-electron chi connectivity index (χ1n) is 9.85. The minimum absolute atomic E-state index is 0.0226. The molecular weight excluding hydrogens is 400 g/mol. The molecule has 0 N–H and O–H groups in total. The highest BCUT2D eigenvalue weighted by Crippen LogP contribution is 2.31. The Morgan fingerprint density at radius 2 is 1.87 bits per heavy atom. The van der Waals surface area contributed by atoms with Crippen LogP contribution in [-0.4, -0.2) is 44.8 Å². The lowest BCUT2D eigenvalue weighted by Gasteiger charge is -2.24. The van der Waals surface area contributed by atoms with Gasteiger partial charge in [0.25, 0.3) is 5.56 Å². The van der Waals surface area contributed by atoms with Crippen LogP contribution in [0.2, 0.25) is 0 Å². The Balaban J connectivity index is 1.47. The van der Waals surface area contributed by atoms with E-state index in [-0.39, 0.29) is 5.56 Å². The summed E-state index contributed by atoms with van der Waals surface area (Å²) < 4.78 is 13.4. The van der Waals surface area contributed by atoms with Crippen LogP contribution in [0.15, 0.2) is 40.5 Å². The van der Waals surface area contributed by atoms with E-state index in [2.05, 4.69) is 21.8 Å². The summed E-state index contributed by atoms with van der Waals surface area (Å²) in [6.07, 6.45) is 7.35. The monoisotopic (exact) mass is 420 g/mol. The van der Waals surface area contributed by atoms with Crippen molar-refractivity contribution in [1.82, 2.24) is 19.5 Å². The van der Waals surface area contributed by atoms with Gasteiger partial charge in [0.1, 0.15) is 5.82 Å². The smallest absolute Gasteiger partial charge is 0.261 e. The van der Waals surface area contributed by atoms with Gasteiger partial charge in [-0.2, -0.15) is 0 Å². The van der Waals surface area contributed by atoms with E-state index in [0.29, 0.717) is 55.1 Å². The van der Waals surface area contributed by atoms with Crippen LogP contribution in [0.4, 0.5) is 0 Å². The summed E-state index contributed by atoms with van der Waals surface area (Å²) in [6.45, 7) is 1.76. The zero-order chi connectivity index (χ0) is 20.6. The molecular formula is C22H20N4O3S. The summed E-state index contributed by atoms with van der Waals surface area (Å²) in [6, 6.07) is 5.52. The van der Waals surface area contributed by atoms with Crippen LogP contribution >= 0.6 is 11.8 Å². The second kappa shape index (κ2) is 7.84. The highest BCUT2D eigenvalue weighted by Gasteiger charge is 2.38. The summed E-state index contributed by atoms with van der Waals surface area (Å²) >= 11 is 1.49. The van der Waals surface area contributed by atoms with Crippen molar-refractivity contribution >= 4 is 22.7 Å². The molecule has 0 radical (unpaired) electrons. The Labute approximate surface area is 177 Å². The summed E-state index contributed by atoms with van der Waals surface area (Å²) in [7, 11) is 0. The van der Waals surface area contributed by atoms with Gasteiger partial charge in [0.05, 0.1) is 29.7 Å². The molecule has 0 aliphatic carbocycles. The van der Waals surface area contributed by atoms with Crippen LogP contribution in [0.3, 0.4) is 0 Å². The van der Waals surface area contributed by atoms with Gasteiger partial charge in [-0.1, -0.05) is 23.6 Å². The molecule has 2 aliphatic heterocycles. The number of ether oxygens (including phenoxy) is 2. The molecule has 2 aliphatic rings. The van der Waals surface area contributed by atoms with Crippen molar-refractivity contribution in [2.24, 2.45) is 0 Å². The first kappa shape index (κ1) is 19.2. The van der Waals surface area contributed by atoms with Crippen molar-refractivity contribution in [3.05, 3.63) is 57.9 Å². The number of fused-ring (bicyclic) bond motifs is 2. The maximum Gasteiger partial charge on any atom is 0.261 e. The third-order valence-electron chi connectivity index (χ3n) is 5.46. The van der Waals surface area contributed by atoms with E-state index in [4.69, 9.17) is 14.5 Å². The van der Waals surface area contributed by atoms with Gasteiger partial charge in [0.15, 0.2) is 10.9 Å². The molecule has 0 amide bonds. The third-order valence-corrected chi connectivity index (χ3v) is 6.03. The number of benzene rings is 1. The lowest BCUT2D eigenvalue weighted by Crippen LogP contribution is -2.31. The molecule has 3 aromatic rings. The lowest BCUT2D eigenvalue weighted by molar-refractivity contribution is -0.165. The fourth-order valence-corrected chi connectivity index (χ4v) is 4.21. The van der Waals surface area contributed by atoms with Gasteiger partial charge in [-0.25, -0.2) is 15.0 Å². The quantitative estimate of drug-likeness (QED) is 0.340. The predicted octanol–water partition coefficient (Wildman–Crippen LogP) is 2.39. The largest absolute Gasteiger partial charge is 0.347 e. The van der Waals surface area contributed by atoms with E-state index in [9.17, 15) is 4.79 Å². The molecule has 0 unspecified atom stereocenters. The van der Waals surface area contributed by atoms with Crippen LogP contribution in [0.5, 0.6) is 0 Å². The molecule has 1 aromatic carbocycles. The van der Waals surface area contributed by atoms with Crippen LogP contribution < -0.4 is 5.56 Å². The Kier molecular flexibility index (Phi) is 5.03. The molecule has 1 spiro atoms. The van der Waals surface area contributed by atoms with Crippen molar-refractivity contribution < 1.29 is 9.47 Å². The molecule has 0 bridgehead atoms. The van der Waals surface area contributed by atoms with Gasteiger partial charge < -0.3 is 9.47 Å². The highest BCUT2D eigenvalue weighted by molar-refractivity contribution is 7.98. The average molecular weight is 420 g/mol. The van der Waals surface area contributed by atoms with E-state index >= 15 is 0 Å². The van der Waals surface area contributed by atoms with E-state index in [1.807, 2.05) is 18.4 Å². The number of aryl methyl sites for hydroxylation is 1. The number of hydrogen-bond donors (Lipinski definition) is 0. The van der Waals surface area contributed by atoms with Crippen molar-refractivity contribution in [3.63, 3.8) is 0 Å². The maximum atomic E-state index is 13.1. The van der Waals surface area contributed by atoms with E-state index in [0.717, 1.165) is 17.0 Å². The number of nitrogens with zero attached hydrogens (tertiary/aromatic N) is 4. The van der Waals surface area contributed by atoms with E-state index in [1.165, 1.54) is 11.8 Å². The van der Waals surface area contributed by atoms with Crippen molar-refractivity contribution in [2.75, 3.05) is 19.5 Å². The second-order valence-corrected chi connectivity index (χ2v) is 8.06. The molecule has 152 valence electrons. The molecule has 1 fully saturated rings. The van der Waals surface area contributed by atoms with Gasteiger partial charge in [-0.3, -0.25) is 9.36 Å². The number of aromatic nitrogens is 4. The fourth-order valence-electron chi connectivity index (χ4n) is 3.89. The maximum absolute atomic E-state index is 13.1. The topological polar surface area (TPSA) is 79.1 Å². The third kappa shape index (κ3) is 3.60.